The first kappa shape index (κ1) is 16.5. The molecule has 0 aliphatic rings. The SMILES string of the molecule is CCNC(=O)c1ccc(C)c(NCCNC(C)(C)C)c1. The van der Waals surface area contributed by atoms with Gasteiger partial charge in [-0.2, -0.15) is 0 Å². The van der Waals surface area contributed by atoms with Crippen molar-refractivity contribution in [3.8, 4) is 0 Å². The van der Waals surface area contributed by atoms with Crippen molar-refractivity contribution in [2.45, 2.75) is 40.2 Å². The molecule has 0 bridgehead atoms. The maximum Gasteiger partial charge on any atom is 0.251 e. The van der Waals surface area contributed by atoms with E-state index in [4.69, 9.17) is 0 Å². The molecular formula is C16H27N3O. The lowest BCUT2D eigenvalue weighted by atomic mass is 10.1. The standard InChI is InChI=1S/C16H27N3O/c1-6-17-15(20)13-8-7-12(2)14(11-13)18-9-10-19-16(3,4)5/h7-8,11,18-19H,6,9-10H2,1-5H3,(H,17,20). The molecule has 1 aromatic rings. The Labute approximate surface area is 122 Å². The number of amides is 1. The van der Waals surface area contributed by atoms with Gasteiger partial charge in [-0.15, -0.1) is 0 Å². The molecule has 112 valence electrons. The van der Waals surface area contributed by atoms with E-state index in [0.717, 1.165) is 24.3 Å². The lowest BCUT2D eigenvalue weighted by Crippen LogP contribution is -2.38. The first-order valence-electron chi connectivity index (χ1n) is 7.21. The molecule has 0 radical (unpaired) electrons. The number of rotatable bonds is 6. The highest BCUT2D eigenvalue weighted by Crippen LogP contribution is 2.16. The molecule has 0 atom stereocenters. The fourth-order valence-corrected chi connectivity index (χ4v) is 1.85. The fraction of sp³-hybridized carbons (Fsp3) is 0.562. The number of carbonyl (C=O) groups is 1. The van der Waals surface area contributed by atoms with Crippen LogP contribution in [-0.4, -0.2) is 31.1 Å². The molecule has 0 aliphatic heterocycles. The number of benzene rings is 1. The average Bonchev–Trinajstić information content (AvgIpc) is 2.35. The van der Waals surface area contributed by atoms with Crippen LogP contribution in [-0.2, 0) is 0 Å². The topological polar surface area (TPSA) is 53.2 Å². The third-order valence-corrected chi connectivity index (χ3v) is 2.93. The molecule has 0 fully saturated rings. The van der Waals surface area contributed by atoms with Crippen LogP contribution in [0.1, 0.15) is 43.6 Å². The fourth-order valence-electron chi connectivity index (χ4n) is 1.85. The Morgan fingerprint density at radius 1 is 1.20 bits per heavy atom. The zero-order valence-corrected chi connectivity index (χ0v) is 13.3. The van der Waals surface area contributed by atoms with Gasteiger partial charge in [0.25, 0.3) is 5.91 Å². The molecule has 0 saturated heterocycles. The Bertz CT molecular complexity index is 450. The molecular weight excluding hydrogens is 250 g/mol. The molecule has 1 aromatic carbocycles. The highest BCUT2D eigenvalue weighted by atomic mass is 16.1. The van der Waals surface area contributed by atoms with E-state index in [2.05, 4.69) is 36.7 Å². The number of hydrogen-bond donors (Lipinski definition) is 3. The molecule has 4 nitrogen and oxygen atoms in total. The largest absolute Gasteiger partial charge is 0.384 e. The van der Waals surface area contributed by atoms with Gasteiger partial charge >= 0.3 is 0 Å². The molecule has 4 heteroatoms. The minimum absolute atomic E-state index is 0.0247. The van der Waals surface area contributed by atoms with Crippen molar-refractivity contribution < 1.29 is 4.79 Å². The number of aryl methyl sites for hydroxylation is 1. The van der Waals surface area contributed by atoms with Gasteiger partial charge in [0.15, 0.2) is 0 Å². The summed E-state index contributed by atoms with van der Waals surface area (Å²) in [4.78, 5) is 11.8. The first-order chi connectivity index (χ1) is 9.33. The van der Waals surface area contributed by atoms with Crippen LogP contribution >= 0.6 is 0 Å². The van der Waals surface area contributed by atoms with Crippen LogP contribution in [0.2, 0.25) is 0 Å². The second-order valence-corrected chi connectivity index (χ2v) is 5.99. The normalized spacial score (nSPS) is 11.2. The van der Waals surface area contributed by atoms with Crippen molar-refractivity contribution in [2.24, 2.45) is 0 Å². The predicted molar refractivity (Wildman–Crippen MR) is 85.4 cm³/mol. The van der Waals surface area contributed by atoms with Crippen LogP contribution in [0.5, 0.6) is 0 Å². The van der Waals surface area contributed by atoms with Gasteiger partial charge in [-0.25, -0.2) is 0 Å². The van der Waals surface area contributed by atoms with Crippen LogP contribution in [0.3, 0.4) is 0 Å². The monoisotopic (exact) mass is 277 g/mol. The number of anilines is 1. The van der Waals surface area contributed by atoms with Crippen LogP contribution in [0.15, 0.2) is 18.2 Å². The Morgan fingerprint density at radius 3 is 2.50 bits per heavy atom. The van der Waals surface area contributed by atoms with Gasteiger partial charge in [-0.05, 0) is 52.3 Å². The van der Waals surface area contributed by atoms with Gasteiger partial charge in [0.1, 0.15) is 0 Å². The van der Waals surface area contributed by atoms with Crippen LogP contribution in [0, 0.1) is 6.92 Å². The van der Waals surface area contributed by atoms with Crippen LogP contribution < -0.4 is 16.0 Å². The molecule has 20 heavy (non-hydrogen) atoms. The Morgan fingerprint density at radius 2 is 1.90 bits per heavy atom. The van der Waals surface area contributed by atoms with Crippen molar-refractivity contribution in [1.82, 2.24) is 10.6 Å². The van der Waals surface area contributed by atoms with Crippen molar-refractivity contribution in [1.29, 1.82) is 0 Å². The Kier molecular flexibility index (Phi) is 6.02. The summed E-state index contributed by atoms with van der Waals surface area (Å²) in [5, 5.41) is 9.62. The van der Waals surface area contributed by atoms with Crippen LogP contribution in [0.4, 0.5) is 5.69 Å². The molecule has 0 heterocycles. The van der Waals surface area contributed by atoms with Crippen LogP contribution in [0.25, 0.3) is 0 Å². The summed E-state index contributed by atoms with van der Waals surface area (Å²) in [5.74, 6) is -0.0247. The second-order valence-electron chi connectivity index (χ2n) is 5.99. The van der Waals surface area contributed by atoms with Gasteiger partial charge in [-0.3, -0.25) is 4.79 Å². The summed E-state index contributed by atoms with van der Waals surface area (Å²) in [6, 6.07) is 5.75. The third-order valence-electron chi connectivity index (χ3n) is 2.93. The molecule has 3 N–H and O–H groups in total. The maximum atomic E-state index is 11.8. The van der Waals surface area contributed by atoms with E-state index >= 15 is 0 Å². The number of hydrogen-bond acceptors (Lipinski definition) is 3. The molecule has 0 aromatic heterocycles. The molecule has 1 amide bonds. The summed E-state index contributed by atoms with van der Waals surface area (Å²) < 4.78 is 0. The summed E-state index contributed by atoms with van der Waals surface area (Å²) in [6.45, 7) is 12.8. The molecule has 0 aliphatic carbocycles. The van der Waals surface area contributed by atoms with Gasteiger partial charge in [0.2, 0.25) is 0 Å². The lowest BCUT2D eigenvalue weighted by molar-refractivity contribution is 0.0956. The Hall–Kier alpha value is -1.55. The number of carbonyl (C=O) groups excluding carboxylic acids is 1. The van der Waals surface area contributed by atoms with Gasteiger partial charge in [0.05, 0.1) is 0 Å². The van der Waals surface area contributed by atoms with Crippen molar-refractivity contribution in [3.63, 3.8) is 0 Å². The minimum atomic E-state index is -0.0247. The van der Waals surface area contributed by atoms with E-state index in [9.17, 15) is 4.79 Å². The van der Waals surface area contributed by atoms with E-state index in [-0.39, 0.29) is 11.4 Å². The van der Waals surface area contributed by atoms with E-state index in [1.807, 2.05) is 32.0 Å². The van der Waals surface area contributed by atoms with E-state index in [0.29, 0.717) is 12.1 Å². The van der Waals surface area contributed by atoms with Crippen molar-refractivity contribution in [3.05, 3.63) is 29.3 Å². The van der Waals surface area contributed by atoms with E-state index in [1.165, 1.54) is 0 Å². The summed E-state index contributed by atoms with van der Waals surface area (Å²) in [5.41, 5.74) is 2.99. The average molecular weight is 277 g/mol. The van der Waals surface area contributed by atoms with E-state index < -0.39 is 0 Å². The van der Waals surface area contributed by atoms with Gasteiger partial charge in [-0.1, -0.05) is 6.07 Å². The zero-order chi connectivity index (χ0) is 15.2. The summed E-state index contributed by atoms with van der Waals surface area (Å²) in [7, 11) is 0. The molecule has 0 unspecified atom stereocenters. The predicted octanol–water partition coefficient (Wildman–Crippen LogP) is 2.54. The highest BCUT2D eigenvalue weighted by molar-refractivity contribution is 5.95. The summed E-state index contributed by atoms with van der Waals surface area (Å²) >= 11 is 0. The second kappa shape index (κ2) is 7.29. The Balaban J connectivity index is 2.61. The number of nitrogens with one attached hydrogen (secondary N) is 3. The maximum absolute atomic E-state index is 11.8. The zero-order valence-electron chi connectivity index (χ0n) is 13.3. The van der Waals surface area contributed by atoms with Crippen molar-refractivity contribution >= 4 is 11.6 Å². The highest BCUT2D eigenvalue weighted by Gasteiger charge is 2.09. The van der Waals surface area contributed by atoms with E-state index in [1.54, 1.807) is 0 Å². The van der Waals surface area contributed by atoms with Gasteiger partial charge < -0.3 is 16.0 Å². The lowest BCUT2D eigenvalue weighted by Gasteiger charge is -2.21. The molecule has 1 rings (SSSR count). The molecule has 0 spiro atoms. The minimum Gasteiger partial charge on any atom is -0.384 e. The summed E-state index contributed by atoms with van der Waals surface area (Å²) in [6.07, 6.45) is 0. The van der Waals surface area contributed by atoms with Gasteiger partial charge in [0, 0.05) is 36.4 Å². The third kappa shape index (κ3) is 5.61. The molecule has 0 saturated carbocycles. The smallest absolute Gasteiger partial charge is 0.251 e. The van der Waals surface area contributed by atoms with Crippen molar-refractivity contribution in [2.75, 3.05) is 25.0 Å². The first-order valence-corrected chi connectivity index (χ1v) is 7.21. The quantitative estimate of drug-likeness (QED) is 0.700.